The Morgan fingerprint density at radius 1 is 1.10 bits per heavy atom. The average molecular weight is 290 g/mol. The van der Waals surface area contributed by atoms with Gasteiger partial charge in [0.15, 0.2) is 0 Å². The van der Waals surface area contributed by atoms with Crippen molar-refractivity contribution in [2.24, 2.45) is 0 Å². The van der Waals surface area contributed by atoms with Crippen LogP contribution in [0.4, 0.5) is 14.5 Å². The zero-order valence-electron chi connectivity index (χ0n) is 10.7. The zero-order valence-corrected chi connectivity index (χ0v) is 11.5. The first-order valence-electron chi connectivity index (χ1n) is 6.17. The number of fused-ring (bicyclic) bond motifs is 1. The molecule has 0 amide bonds. The molecule has 2 nitrogen and oxygen atoms in total. The molecule has 0 bridgehead atoms. The van der Waals surface area contributed by atoms with Crippen LogP contribution in [0.25, 0.3) is 10.2 Å². The number of aromatic nitrogens is 1. The van der Waals surface area contributed by atoms with Crippen molar-refractivity contribution in [3.8, 4) is 0 Å². The smallest absolute Gasteiger partial charge is 0.126 e. The van der Waals surface area contributed by atoms with Gasteiger partial charge in [0, 0.05) is 17.8 Å². The Kier molecular flexibility index (Phi) is 3.36. The lowest BCUT2D eigenvalue weighted by molar-refractivity contribution is 0.577. The van der Waals surface area contributed by atoms with Crippen LogP contribution in [-0.2, 0) is 0 Å². The predicted octanol–water partition coefficient (Wildman–Crippen LogP) is 4.75. The Morgan fingerprint density at radius 3 is 2.60 bits per heavy atom. The summed E-state index contributed by atoms with van der Waals surface area (Å²) in [7, 11) is 0. The highest BCUT2D eigenvalue weighted by molar-refractivity contribution is 7.16. The monoisotopic (exact) mass is 290 g/mol. The van der Waals surface area contributed by atoms with Crippen molar-refractivity contribution in [1.82, 2.24) is 4.98 Å². The third-order valence-electron chi connectivity index (χ3n) is 3.10. The van der Waals surface area contributed by atoms with Crippen molar-refractivity contribution in [2.75, 3.05) is 5.32 Å². The minimum absolute atomic E-state index is 0.189. The van der Waals surface area contributed by atoms with Crippen LogP contribution in [0.2, 0.25) is 0 Å². The van der Waals surface area contributed by atoms with Crippen molar-refractivity contribution < 1.29 is 8.78 Å². The summed E-state index contributed by atoms with van der Waals surface area (Å²) in [6.07, 6.45) is 0. The van der Waals surface area contributed by atoms with Crippen LogP contribution in [0.1, 0.15) is 18.5 Å². The van der Waals surface area contributed by atoms with Gasteiger partial charge in [0.1, 0.15) is 11.6 Å². The van der Waals surface area contributed by atoms with Gasteiger partial charge in [0.05, 0.1) is 15.7 Å². The Hall–Kier alpha value is -2.01. The summed E-state index contributed by atoms with van der Waals surface area (Å²) in [5, 5.41) is 3.24. The standard InChI is InChI=1S/C15H12F2N2S/c1-9(10-4-11(16)6-12(17)5-10)19-13-2-3-14-15(7-13)20-8-18-14/h2-9,19H,1H3. The fourth-order valence-electron chi connectivity index (χ4n) is 2.10. The predicted molar refractivity (Wildman–Crippen MR) is 78.0 cm³/mol. The summed E-state index contributed by atoms with van der Waals surface area (Å²) in [6.45, 7) is 1.87. The molecule has 0 radical (unpaired) electrons. The van der Waals surface area contributed by atoms with Crippen molar-refractivity contribution in [3.63, 3.8) is 0 Å². The van der Waals surface area contributed by atoms with E-state index in [-0.39, 0.29) is 6.04 Å². The molecule has 20 heavy (non-hydrogen) atoms. The van der Waals surface area contributed by atoms with Crippen LogP contribution in [-0.4, -0.2) is 4.98 Å². The molecule has 0 aliphatic carbocycles. The summed E-state index contributed by atoms with van der Waals surface area (Å²) in [4.78, 5) is 4.21. The number of hydrogen-bond donors (Lipinski definition) is 1. The van der Waals surface area contributed by atoms with Gasteiger partial charge in [0.2, 0.25) is 0 Å². The number of anilines is 1. The minimum atomic E-state index is -0.563. The van der Waals surface area contributed by atoms with E-state index in [4.69, 9.17) is 0 Å². The highest BCUT2D eigenvalue weighted by Gasteiger charge is 2.09. The molecule has 102 valence electrons. The number of rotatable bonds is 3. The normalized spacial score (nSPS) is 12.6. The second kappa shape index (κ2) is 5.17. The van der Waals surface area contributed by atoms with Gasteiger partial charge in [-0.1, -0.05) is 0 Å². The van der Waals surface area contributed by atoms with Gasteiger partial charge in [-0.15, -0.1) is 11.3 Å². The van der Waals surface area contributed by atoms with Crippen LogP contribution < -0.4 is 5.32 Å². The lowest BCUT2D eigenvalue weighted by atomic mass is 10.1. The van der Waals surface area contributed by atoms with E-state index in [0.29, 0.717) is 5.56 Å². The molecule has 0 aliphatic heterocycles. The van der Waals surface area contributed by atoms with Crippen molar-refractivity contribution >= 4 is 27.2 Å². The van der Waals surface area contributed by atoms with Crippen LogP contribution in [0.15, 0.2) is 41.9 Å². The highest BCUT2D eigenvalue weighted by atomic mass is 32.1. The molecule has 0 spiro atoms. The molecule has 0 saturated heterocycles. The highest BCUT2D eigenvalue weighted by Crippen LogP contribution is 2.25. The molecule has 5 heteroatoms. The quantitative estimate of drug-likeness (QED) is 0.753. The second-order valence-electron chi connectivity index (χ2n) is 4.60. The lowest BCUT2D eigenvalue weighted by Crippen LogP contribution is -2.07. The Morgan fingerprint density at radius 2 is 1.85 bits per heavy atom. The Balaban J connectivity index is 1.85. The molecule has 2 aromatic carbocycles. The van der Waals surface area contributed by atoms with Gasteiger partial charge in [0.25, 0.3) is 0 Å². The Bertz CT molecular complexity index is 734. The molecule has 1 heterocycles. The molecule has 1 unspecified atom stereocenters. The van der Waals surface area contributed by atoms with Gasteiger partial charge < -0.3 is 5.32 Å². The fourth-order valence-corrected chi connectivity index (χ4v) is 2.82. The van der Waals surface area contributed by atoms with Crippen LogP contribution in [0.3, 0.4) is 0 Å². The van der Waals surface area contributed by atoms with Crippen LogP contribution >= 0.6 is 11.3 Å². The first-order valence-corrected chi connectivity index (χ1v) is 7.05. The molecule has 1 N–H and O–H groups in total. The van der Waals surface area contributed by atoms with E-state index in [1.807, 2.05) is 25.1 Å². The number of nitrogens with one attached hydrogen (secondary N) is 1. The molecule has 0 saturated carbocycles. The average Bonchev–Trinajstić information content (AvgIpc) is 2.85. The van der Waals surface area contributed by atoms with E-state index in [1.165, 1.54) is 12.1 Å². The molecule has 3 rings (SSSR count). The van der Waals surface area contributed by atoms with E-state index in [0.717, 1.165) is 22.0 Å². The number of nitrogens with zero attached hydrogens (tertiary/aromatic N) is 1. The molecule has 0 aliphatic rings. The summed E-state index contributed by atoms with van der Waals surface area (Å²) in [5.41, 5.74) is 4.22. The van der Waals surface area contributed by atoms with Gasteiger partial charge in [-0.2, -0.15) is 0 Å². The van der Waals surface area contributed by atoms with E-state index < -0.39 is 11.6 Å². The Labute approximate surface area is 119 Å². The maximum Gasteiger partial charge on any atom is 0.126 e. The fraction of sp³-hybridized carbons (Fsp3) is 0.133. The molecular weight excluding hydrogens is 278 g/mol. The molecule has 1 atom stereocenters. The number of halogens is 2. The van der Waals surface area contributed by atoms with Gasteiger partial charge in [-0.25, -0.2) is 13.8 Å². The molecule has 0 fully saturated rings. The summed E-state index contributed by atoms with van der Waals surface area (Å²) in [5.74, 6) is -1.13. The largest absolute Gasteiger partial charge is 0.378 e. The van der Waals surface area contributed by atoms with Gasteiger partial charge >= 0.3 is 0 Å². The molecular formula is C15H12F2N2S. The lowest BCUT2D eigenvalue weighted by Gasteiger charge is -2.16. The molecule has 3 aromatic rings. The number of thiazole rings is 1. The van der Waals surface area contributed by atoms with Crippen molar-refractivity contribution in [3.05, 3.63) is 59.1 Å². The summed E-state index contributed by atoms with van der Waals surface area (Å²) < 4.78 is 27.5. The van der Waals surface area contributed by atoms with E-state index in [2.05, 4.69) is 10.3 Å². The summed E-state index contributed by atoms with van der Waals surface area (Å²) in [6, 6.07) is 9.18. The first kappa shape index (κ1) is 13.0. The van der Waals surface area contributed by atoms with Gasteiger partial charge in [-0.3, -0.25) is 0 Å². The molecule has 1 aromatic heterocycles. The van der Waals surface area contributed by atoms with Crippen LogP contribution in [0.5, 0.6) is 0 Å². The van der Waals surface area contributed by atoms with Crippen molar-refractivity contribution in [2.45, 2.75) is 13.0 Å². The number of benzene rings is 2. The number of hydrogen-bond acceptors (Lipinski definition) is 3. The minimum Gasteiger partial charge on any atom is -0.378 e. The first-order chi connectivity index (χ1) is 9.61. The van der Waals surface area contributed by atoms with Gasteiger partial charge in [-0.05, 0) is 42.8 Å². The maximum atomic E-state index is 13.2. The maximum absolute atomic E-state index is 13.2. The van der Waals surface area contributed by atoms with E-state index in [9.17, 15) is 8.78 Å². The third-order valence-corrected chi connectivity index (χ3v) is 3.89. The van der Waals surface area contributed by atoms with E-state index in [1.54, 1.807) is 16.8 Å². The van der Waals surface area contributed by atoms with Crippen molar-refractivity contribution in [1.29, 1.82) is 0 Å². The SMILES string of the molecule is CC(Nc1ccc2ncsc2c1)c1cc(F)cc(F)c1. The van der Waals surface area contributed by atoms with Crippen LogP contribution in [0, 0.1) is 11.6 Å². The second-order valence-corrected chi connectivity index (χ2v) is 5.49. The van der Waals surface area contributed by atoms with E-state index >= 15 is 0 Å². The zero-order chi connectivity index (χ0) is 14.1. The summed E-state index contributed by atoms with van der Waals surface area (Å²) >= 11 is 1.56. The third kappa shape index (κ3) is 2.63. The topological polar surface area (TPSA) is 24.9 Å².